The Morgan fingerprint density at radius 1 is 1.06 bits per heavy atom. The van der Waals surface area contributed by atoms with Gasteiger partial charge < -0.3 is 9.84 Å². The van der Waals surface area contributed by atoms with Gasteiger partial charge in [0, 0.05) is 13.2 Å². The maximum atomic E-state index is 11.3. The molecule has 1 heterocycles. The third kappa shape index (κ3) is 3.70. The maximum Gasteiger partial charge on any atom is 0.306 e. The minimum Gasteiger partial charge on any atom is -0.481 e. The summed E-state index contributed by atoms with van der Waals surface area (Å²) in [6.07, 6.45) is 8.91. The zero-order chi connectivity index (χ0) is 12.1. The third-order valence-corrected chi connectivity index (χ3v) is 4.45. The van der Waals surface area contributed by atoms with Gasteiger partial charge in [0.1, 0.15) is 0 Å². The molecular formula is C14H24O3. The molecule has 0 aromatic heterocycles. The van der Waals surface area contributed by atoms with Gasteiger partial charge in [-0.1, -0.05) is 19.3 Å². The fraction of sp³-hybridized carbons (Fsp3) is 0.929. The molecule has 0 aromatic rings. The monoisotopic (exact) mass is 240 g/mol. The van der Waals surface area contributed by atoms with E-state index in [1.807, 2.05) is 0 Å². The van der Waals surface area contributed by atoms with Crippen molar-refractivity contribution in [1.29, 1.82) is 0 Å². The first-order valence-corrected chi connectivity index (χ1v) is 7.08. The van der Waals surface area contributed by atoms with Crippen molar-refractivity contribution >= 4 is 5.97 Å². The smallest absolute Gasteiger partial charge is 0.306 e. The summed E-state index contributed by atoms with van der Waals surface area (Å²) in [7, 11) is 0. The number of rotatable bonds is 3. The Morgan fingerprint density at radius 2 is 1.76 bits per heavy atom. The quantitative estimate of drug-likeness (QED) is 0.771. The van der Waals surface area contributed by atoms with Crippen molar-refractivity contribution in [2.75, 3.05) is 13.2 Å². The minimum absolute atomic E-state index is 0.0830. The van der Waals surface area contributed by atoms with E-state index in [0.717, 1.165) is 51.7 Å². The fourth-order valence-electron chi connectivity index (χ4n) is 3.40. The van der Waals surface area contributed by atoms with E-state index in [4.69, 9.17) is 4.74 Å². The number of hydrogen-bond donors (Lipinski definition) is 1. The molecule has 2 fully saturated rings. The molecule has 2 rings (SSSR count). The van der Waals surface area contributed by atoms with Crippen molar-refractivity contribution in [3.63, 3.8) is 0 Å². The highest BCUT2D eigenvalue weighted by atomic mass is 16.5. The van der Waals surface area contributed by atoms with Gasteiger partial charge in [-0.05, 0) is 43.9 Å². The van der Waals surface area contributed by atoms with E-state index in [-0.39, 0.29) is 5.92 Å². The molecule has 3 nitrogen and oxygen atoms in total. The molecule has 1 saturated carbocycles. The maximum absolute atomic E-state index is 11.3. The highest BCUT2D eigenvalue weighted by Gasteiger charge is 2.31. The Labute approximate surface area is 104 Å². The number of ether oxygens (including phenoxy) is 1. The highest BCUT2D eigenvalue weighted by molar-refractivity contribution is 5.70. The van der Waals surface area contributed by atoms with Crippen molar-refractivity contribution in [3.05, 3.63) is 0 Å². The Hall–Kier alpha value is -0.570. The van der Waals surface area contributed by atoms with Crippen LogP contribution in [0.4, 0.5) is 0 Å². The van der Waals surface area contributed by atoms with Crippen LogP contribution < -0.4 is 0 Å². The molecule has 98 valence electrons. The van der Waals surface area contributed by atoms with Crippen molar-refractivity contribution in [2.45, 2.75) is 51.4 Å². The largest absolute Gasteiger partial charge is 0.481 e. The lowest BCUT2D eigenvalue weighted by atomic mass is 9.79. The summed E-state index contributed by atoms with van der Waals surface area (Å²) in [5.41, 5.74) is 0. The van der Waals surface area contributed by atoms with E-state index in [0.29, 0.717) is 11.8 Å². The van der Waals surface area contributed by atoms with Crippen LogP contribution in [0, 0.1) is 17.8 Å². The molecule has 1 N–H and O–H groups in total. The summed E-state index contributed by atoms with van der Waals surface area (Å²) >= 11 is 0. The van der Waals surface area contributed by atoms with E-state index >= 15 is 0 Å². The molecule has 17 heavy (non-hydrogen) atoms. The first-order chi connectivity index (χ1) is 8.27. The van der Waals surface area contributed by atoms with Gasteiger partial charge in [-0.25, -0.2) is 0 Å². The summed E-state index contributed by atoms with van der Waals surface area (Å²) in [5.74, 6) is 0.469. The summed E-state index contributed by atoms with van der Waals surface area (Å²) in [5, 5.41) is 9.34. The van der Waals surface area contributed by atoms with Crippen LogP contribution in [-0.2, 0) is 9.53 Å². The molecular weight excluding hydrogens is 216 g/mol. The molecule has 0 spiro atoms. The molecule has 1 aliphatic carbocycles. The van der Waals surface area contributed by atoms with E-state index in [1.54, 1.807) is 0 Å². The molecule has 2 unspecified atom stereocenters. The van der Waals surface area contributed by atoms with E-state index in [2.05, 4.69) is 0 Å². The molecule has 0 aromatic carbocycles. The molecule has 2 aliphatic rings. The van der Waals surface area contributed by atoms with Crippen molar-refractivity contribution in [2.24, 2.45) is 17.8 Å². The van der Waals surface area contributed by atoms with Gasteiger partial charge in [0.2, 0.25) is 0 Å². The van der Waals surface area contributed by atoms with Gasteiger partial charge in [0.25, 0.3) is 0 Å². The van der Waals surface area contributed by atoms with Crippen molar-refractivity contribution in [1.82, 2.24) is 0 Å². The number of aliphatic carboxylic acids is 1. The van der Waals surface area contributed by atoms with Crippen LogP contribution in [0.5, 0.6) is 0 Å². The predicted molar refractivity (Wildman–Crippen MR) is 65.9 cm³/mol. The summed E-state index contributed by atoms with van der Waals surface area (Å²) in [6.45, 7) is 1.74. The lowest BCUT2D eigenvalue weighted by molar-refractivity contribution is -0.144. The lowest BCUT2D eigenvalue weighted by Gasteiger charge is -2.29. The fourth-order valence-corrected chi connectivity index (χ4v) is 3.40. The van der Waals surface area contributed by atoms with Gasteiger partial charge in [0.05, 0.1) is 5.92 Å². The predicted octanol–water partition coefficient (Wildman–Crippen LogP) is 3.08. The molecule has 0 amide bonds. The first-order valence-electron chi connectivity index (χ1n) is 7.08. The van der Waals surface area contributed by atoms with Gasteiger partial charge in [0.15, 0.2) is 0 Å². The summed E-state index contributed by atoms with van der Waals surface area (Å²) < 4.78 is 5.37. The van der Waals surface area contributed by atoms with Crippen molar-refractivity contribution < 1.29 is 14.6 Å². The van der Waals surface area contributed by atoms with E-state index in [9.17, 15) is 9.90 Å². The van der Waals surface area contributed by atoms with Crippen LogP contribution >= 0.6 is 0 Å². The number of carboxylic acid groups (broad SMARTS) is 1. The minimum atomic E-state index is -0.566. The molecule has 1 saturated heterocycles. The SMILES string of the molecule is O=C(O)C1CCCCCC1CC1CCOCC1. The Kier molecular flexibility index (Phi) is 4.84. The van der Waals surface area contributed by atoms with E-state index < -0.39 is 5.97 Å². The Balaban J connectivity index is 1.91. The average molecular weight is 240 g/mol. The second kappa shape index (κ2) is 6.39. The second-order valence-corrected chi connectivity index (χ2v) is 5.63. The average Bonchev–Trinajstić information content (AvgIpc) is 2.56. The molecule has 0 radical (unpaired) electrons. The number of carboxylic acids is 1. The molecule has 3 heteroatoms. The first kappa shape index (κ1) is 12.9. The normalized spacial score (nSPS) is 32.0. The van der Waals surface area contributed by atoms with Crippen LogP contribution in [0.1, 0.15) is 51.4 Å². The van der Waals surface area contributed by atoms with Gasteiger partial charge in [-0.3, -0.25) is 4.79 Å². The standard InChI is InChI=1S/C14H24O3/c15-14(16)13-5-3-1-2-4-12(13)10-11-6-8-17-9-7-11/h11-13H,1-10H2,(H,15,16). The highest BCUT2D eigenvalue weighted by Crippen LogP contribution is 2.35. The van der Waals surface area contributed by atoms with Crippen LogP contribution in [0.2, 0.25) is 0 Å². The van der Waals surface area contributed by atoms with Crippen LogP contribution in [0.25, 0.3) is 0 Å². The second-order valence-electron chi connectivity index (χ2n) is 5.63. The molecule has 2 atom stereocenters. The van der Waals surface area contributed by atoms with Gasteiger partial charge in [-0.2, -0.15) is 0 Å². The lowest BCUT2D eigenvalue weighted by Crippen LogP contribution is -2.26. The van der Waals surface area contributed by atoms with Gasteiger partial charge >= 0.3 is 5.97 Å². The van der Waals surface area contributed by atoms with Crippen LogP contribution in [-0.4, -0.2) is 24.3 Å². The number of hydrogen-bond acceptors (Lipinski definition) is 2. The third-order valence-electron chi connectivity index (χ3n) is 4.45. The van der Waals surface area contributed by atoms with Crippen molar-refractivity contribution in [3.8, 4) is 0 Å². The summed E-state index contributed by atoms with van der Waals surface area (Å²) in [4.78, 5) is 11.3. The van der Waals surface area contributed by atoms with Crippen LogP contribution in [0.3, 0.4) is 0 Å². The molecule has 1 aliphatic heterocycles. The van der Waals surface area contributed by atoms with E-state index in [1.165, 1.54) is 12.8 Å². The zero-order valence-corrected chi connectivity index (χ0v) is 10.6. The Morgan fingerprint density at radius 3 is 2.47 bits per heavy atom. The number of carbonyl (C=O) groups is 1. The van der Waals surface area contributed by atoms with Gasteiger partial charge in [-0.15, -0.1) is 0 Å². The van der Waals surface area contributed by atoms with Crippen LogP contribution in [0.15, 0.2) is 0 Å². The Bertz CT molecular complexity index is 246. The molecule has 0 bridgehead atoms. The topological polar surface area (TPSA) is 46.5 Å². The summed E-state index contributed by atoms with van der Waals surface area (Å²) in [6, 6.07) is 0. The zero-order valence-electron chi connectivity index (χ0n) is 10.6.